The number of fused-ring (bicyclic) bond motifs is 1. The Kier molecular flexibility index (Phi) is 5.00. The minimum Gasteiger partial charge on any atom is -0.486 e. The number of benzene rings is 2. The molecule has 1 N–H and O–H groups in total. The maximum absolute atomic E-state index is 13.6. The third-order valence-electron chi connectivity index (χ3n) is 3.94. The summed E-state index contributed by atoms with van der Waals surface area (Å²) in [6, 6.07) is 12.8. The van der Waals surface area contributed by atoms with Gasteiger partial charge >= 0.3 is 0 Å². The third-order valence-corrected chi connectivity index (χ3v) is 4.40. The van der Waals surface area contributed by atoms with Crippen molar-refractivity contribution in [3.05, 3.63) is 63.6 Å². The Bertz CT molecular complexity index is 798. The molecule has 2 aromatic carbocycles. The summed E-state index contributed by atoms with van der Waals surface area (Å²) in [6.45, 7) is -0.693. The number of hydrogen-bond acceptors (Lipinski definition) is 2. The van der Waals surface area contributed by atoms with E-state index in [-0.39, 0.29) is 11.5 Å². The van der Waals surface area contributed by atoms with Crippen molar-refractivity contribution in [2.45, 2.75) is 17.3 Å². The van der Waals surface area contributed by atoms with Crippen LogP contribution in [0.2, 0.25) is 0 Å². The highest BCUT2D eigenvalue weighted by atomic mass is 79.9. The summed E-state index contributed by atoms with van der Waals surface area (Å²) in [6.07, 6.45) is -0.725. The second-order valence-corrected chi connectivity index (χ2v) is 6.87. The number of rotatable bonds is 4. The number of amides is 1. The van der Waals surface area contributed by atoms with Crippen molar-refractivity contribution in [1.82, 2.24) is 5.32 Å². The van der Waals surface area contributed by atoms with Gasteiger partial charge in [0, 0.05) is 10.0 Å². The van der Waals surface area contributed by atoms with E-state index in [2.05, 4.69) is 21.2 Å². The van der Waals surface area contributed by atoms with E-state index in [0.717, 1.165) is 5.56 Å². The molecule has 0 spiro atoms. The van der Waals surface area contributed by atoms with Gasteiger partial charge in [0.1, 0.15) is 18.5 Å². The van der Waals surface area contributed by atoms with Crippen LogP contribution in [0.5, 0.6) is 5.75 Å². The second-order valence-electron chi connectivity index (χ2n) is 5.96. The van der Waals surface area contributed by atoms with Crippen LogP contribution in [-0.2, 0) is 0 Å². The van der Waals surface area contributed by atoms with E-state index >= 15 is 0 Å². The first-order valence-electron chi connectivity index (χ1n) is 7.60. The smallest absolute Gasteiger partial charge is 0.253 e. The number of halogens is 2. The maximum atomic E-state index is 13.6. The van der Waals surface area contributed by atoms with Crippen LogP contribution in [0.15, 0.2) is 46.9 Å². The summed E-state index contributed by atoms with van der Waals surface area (Å²) in [5, 5.41) is 0.408. The summed E-state index contributed by atoms with van der Waals surface area (Å²) >= 11 is 3.38. The molecule has 1 heterocycles. The van der Waals surface area contributed by atoms with Gasteiger partial charge in [0.05, 0.1) is 35.0 Å². The molecule has 0 saturated heterocycles. The Morgan fingerprint density at radius 1 is 1.24 bits per heavy atom. The fourth-order valence-electron chi connectivity index (χ4n) is 3.00. The molecule has 1 aliphatic rings. The van der Waals surface area contributed by atoms with Crippen molar-refractivity contribution in [3.63, 3.8) is 0 Å². The number of alkyl halides is 1. The van der Waals surface area contributed by atoms with Crippen LogP contribution in [0.1, 0.15) is 27.4 Å². The average Bonchev–Trinajstić information content (AvgIpc) is 2.91. The predicted molar refractivity (Wildman–Crippen MR) is 100 cm³/mol. The molecule has 1 aliphatic heterocycles. The Morgan fingerprint density at radius 2 is 1.92 bits per heavy atom. The van der Waals surface area contributed by atoms with E-state index < -0.39 is 23.9 Å². The van der Waals surface area contributed by atoms with Crippen molar-refractivity contribution < 1.29 is 13.9 Å². The minimum atomic E-state index is -1.87. The third kappa shape index (κ3) is 3.79. The van der Waals surface area contributed by atoms with Gasteiger partial charge in [-0.3, -0.25) is 4.79 Å². The molecule has 3 rings (SSSR count). The summed E-state index contributed by atoms with van der Waals surface area (Å²) in [5.41, 5.74) is 1.80. The number of carbonyl (C=O) groups excluding carboxylic acids is 1. The van der Waals surface area contributed by atoms with Gasteiger partial charge in [-0.1, -0.05) is 51.5 Å². The maximum Gasteiger partial charge on any atom is 0.253 e. The van der Waals surface area contributed by atoms with E-state index in [0.29, 0.717) is 15.8 Å². The van der Waals surface area contributed by atoms with Crippen molar-refractivity contribution in [1.29, 1.82) is 0 Å². The van der Waals surface area contributed by atoms with Gasteiger partial charge in [-0.2, -0.15) is 0 Å². The van der Waals surface area contributed by atoms with Crippen LogP contribution in [-0.4, -0.2) is 47.5 Å². The quantitative estimate of drug-likeness (QED) is 0.809. The Hall–Kier alpha value is -1.69. The molecule has 3 nitrogen and oxygen atoms in total. The summed E-state index contributed by atoms with van der Waals surface area (Å²) in [7, 11) is 16.3. The van der Waals surface area contributed by atoms with E-state index in [4.69, 9.17) is 28.3 Å². The molecule has 2 atom stereocenters. The Balaban J connectivity index is 2.09. The average molecular weight is 394 g/mol. The van der Waals surface area contributed by atoms with Gasteiger partial charge in [-0.05, 0) is 17.7 Å². The second kappa shape index (κ2) is 6.91. The molecule has 6 radical (unpaired) electrons. The molecule has 0 unspecified atom stereocenters. The highest BCUT2D eigenvalue weighted by Crippen LogP contribution is 2.45. The van der Waals surface area contributed by atoms with Gasteiger partial charge < -0.3 is 10.1 Å². The lowest BCUT2D eigenvalue weighted by Crippen LogP contribution is -2.50. The lowest BCUT2D eigenvalue weighted by atomic mass is 9.49. The summed E-state index contributed by atoms with van der Waals surface area (Å²) in [4.78, 5) is 12.5. The van der Waals surface area contributed by atoms with Crippen LogP contribution in [0.3, 0.4) is 0 Å². The summed E-state index contributed by atoms with van der Waals surface area (Å²) < 4.78 is 20.0. The molecule has 0 aliphatic carbocycles. The highest BCUT2D eigenvalue weighted by molar-refractivity contribution is 9.10. The van der Waals surface area contributed by atoms with E-state index in [1.807, 2.05) is 36.4 Å². The van der Waals surface area contributed by atoms with E-state index in [1.54, 1.807) is 6.07 Å². The van der Waals surface area contributed by atoms with Gasteiger partial charge in [-0.15, -0.1) is 0 Å². The lowest BCUT2D eigenvalue weighted by molar-refractivity contribution is 0.0945. The van der Waals surface area contributed by atoms with Gasteiger partial charge in [0.15, 0.2) is 0 Å². The predicted octanol–water partition coefficient (Wildman–Crippen LogP) is 2.16. The zero-order valence-electron chi connectivity index (χ0n) is 13.2. The van der Waals surface area contributed by atoms with Gasteiger partial charge in [-0.25, -0.2) is 4.39 Å². The molecular weight excluding hydrogens is 382 g/mol. The monoisotopic (exact) mass is 393 g/mol. The minimum absolute atomic E-state index is 0.187. The fourth-order valence-corrected chi connectivity index (χ4v) is 3.48. The first-order chi connectivity index (χ1) is 11.8. The standard InChI is InChI=1S/C17H12B3BrFNO2/c18-17(19,20)23-16(24)12-7-10(21)6-11-14(9-4-2-1-3-5-9)13(8-22)25-15(11)12/h1-7,13-14H,8H2,(H,23,24)/t13-,14+/m1/s1. The van der Waals surface area contributed by atoms with Crippen LogP contribution in [0, 0.1) is 0 Å². The molecule has 25 heavy (non-hydrogen) atoms. The van der Waals surface area contributed by atoms with E-state index in [1.165, 1.54) is 0 Å². The molecule has 0 aromatic heterocycles. The lowest BCUT2D eigenvalue weighted by Gasteiger charge is -2.23. The number of ether oxygens (including phenoxy) is 1. The van der Waals surface area contributed by atoms with Crippen LogP contribution < -0.4 is 10.1 Å². The molecule has 1 amide bonds. The SMILES string of the molecule is [B]C([B])([B])NC(=O)c1cc(Br)cc2c1O[C@H](CF)[C@H]2c1ccccc1. The molecule has 0 bridgehead atoms. The fraction of sp³-hybridized carbons (Fsp3) is 0.235. The zero-order valence-corrected chi connectivity index (χ0v) is 14.8. The van der Waals surface area contributed by atoms with Crippen molar-refractivity contribution >= 4 is 45.4 Å². The molecule has 8 heteroatoms. The van der Waals surface area contributed by atoms with Crippen LogP contribution >= 0.6 is 15.9 Å². The molecular formula is C17H12B3BrFNO2. The van der Waals surface area contributed by atoms with Crippen LogP contribution in [0.25, 0.3) is 0 Å². The first kappa shape index (κ1) is 18.1. The first-order valence-corrected chi connectivity index (χ1v) is 8.39. The molecule has 0 saturated carbocycles. The van der Waals surface area contributed by atoms with Crippen molar-refractivity contribution in [3.8, 4) is 5.75 Å². The van der Waals surface area contributed by atoms with Crippen LogP contribution in [0.4, 0.5) is 4.39 Å². The zero-order chi connectivity index (χ0) is 18.2. The highest BCUT2D eigenvalue weighted by Gasteiger charge is 2.38. The largest absolute Gasteiger partial charge is 0.486 e. The number of nitrogens with one attached hydrogen (secondary N) is 1. The van der Waals surface area contributed by atoms with Crippen molar-refractivity contribution in [2.75, 3.05) is 6.67 Å². The van der Waals surface area contributed by atoms with Gasteiger partial charge in [0.25, 0.3) is 5.91 Å². The Labute approximate surface area is 158 Å². The number of carbonyl (C=O) groups is 1. The van der Waals surface area contributed by atoms with E-state index in [9.17, 15) is 9.18 Å². The molecule has 120 valence electrons. The summed E-state index contributed by atoms with van der Waals surface area (Å²) in [5.74, 6) is -0.624. The topological polar surface area (TPSA) is 38.3 Å². The van der Waals surface area contributed by atoms with Crippen molar-refractivity contribution in [2.24, 2.45) is 0 Å². The van der Waals surface area contributed by atoms with Gasteiger partial charge in [0.2, 0.25) is 0 Å². The normalized spacial score (nSPS) is 19.1. The molecule has 2 aromatic rings. The Morgan fingerprint density at radius 3 is 2.52 bits per heavy atom. The number of hydrogen-bond donors (Lipinski definition) is 1. The molecule has 0 fully saturated rings.